The van der Waals surface area contributed by atoms with Gasteiger partial charge < -0.3 is 0 Å². The first-order valence-electron chi connectivity index (χ1n) is 4.33. The van der Waals surface area contributed by atoms with Crippen LogP contribution in [0.2, 0.25) is 0 Å². The molecule has 0 radical (unpaired) electrons. The molecule has 0 aromatic carbocycles. The number of hydrogen-bond donors (Lipinski definition) is 0. The van der Waals surface area contributed by atoms with Crippen molar-refractivity contribution >= 4 is 0 Å². The molecule has 60 valence electrons. The van der Waals surface area contributed by atoms with E-state index in [1.54, 1.807) is 0 Å². The Morgan fingerprint density at radius 3 is 3.18 bits per heavy atom. The van der Waals surface area contributed by atoms with Gasteiger partial charge in [-0.15, -0.1) is 5.10 Å². The second kappa shape index (κ2) is 2.64. The zero-order valence-electron chi connectivity index (χ0n) is 6.88. The molecule has 0 fully saturated rings. The van der Waals surface area contributed by atoms with E-state index in [0.717, 1.165) is 13.0 Å². The van der Waals surface area contributed by atoms with E-state index in [0.29, 0.717) is 0 Å². The summed E-state index contributed by atoms with van der Waals surface area (Å²) in [6.45, 7) is 3.21. The van der Waals surface area contributed by atoms with Gasteiger partial charge in [0.05, 0.1) is 11.4 Å². The van der Waals surface area contributed by atoms with Crippen LogP contribution in [0.15, 0.2) is 0 Å². The summed E-state index contributed by atoms with van der Waals surface area (Å²) in [6, 6.07) is 0. The lowest BCUT2D eigenvalue weighted by molar-refractivity contribution is 0.476. The second-order valence-electron chi connectivity index (χ2n) is 3.02. The highest BCUT2D eigenvalue weighted by Gasteiger charge is 2.14. The van der Waals surface area contributed by atoms with Crippen LogP contribution in [0.4, 0.5) is 0 Å². The SMILES string of the molecule is CCc1nnn2c1CCCC2. The summed E-state index contributed by atoms with van der Waals surface area (Å²) in [5, 5.41) is 8.22. The highest BCUT2D eigenvalue weighted by molar-refractivity contribution is 5.11. The van der Waals surface area contributed by atoms with Crippen molar-refractivity contribution in [3.05, 3.63) is 11.4 Å². The van der Waals surface area contributed by atoms with E-state index in [4.69, 9.17) is 0 Å². The van der Waals surface area contributed by atoms with Gasteiger partial charge in [0.15, 0.2) is 0 Å². The minimum atomic E-state index is 1.02. The van der Waals surface area contributed by atoms with E-state index < -0.39 is 0 Å². The third-order valence-corrected chi connectivity index (χ3v) is 2.29. The molecular weight excluding hydrogens is 138 g/mol. The van der Waals surface area contributed by atoms with Crippen LogP contribution in [0.1, 0.15) is 31.2 Å². The molecule has 3 nitrogen and oxygen atoms in total. The standard InChI is InChI=1S/C8H13N3/c1-2-7-8-5-3-4-6-11(8)10-9-7/h2-6H2,1H3. The highest BCUT2D eigenvalue weighted by Crippen LogP contribution is 2.15. The molecule has 1 aliphatic heterocycles. The Balaban J connectivity index is 2.38. The van der Waals surface area contributed by atoms with Gasteiger partial charge >= 0.3 is 0 Å². The smallest absolute Gasteiger partial charge is 0.0856 e. The van der Waals surface area contributed by atoms with Crippen LogP contribution in [-0.4, -0.2) is 15.0 Å². The Kier molecular flexibility index (Phi) is 1.64. The Hall–Kier alpha value is -0.860. The number of aromatic nitrogens is 3. The summed E-state index contributed by atoms with van der Waals surface area (Å²) in [6.07, 6.45) is 4.77. The Morgan fingerprint density at radius 2 is 2.36 bits per heavy atom. The molecular formula is C8H13N3. The predicted molar refractivity (Wildman–Crippen MR) is 42.3 cm³/mol. The molecule has 11 heavy (non-hydrogen) atoms. The predicted octanol–water partition coefficient (Wildman–Crippen LogP) is 1.18. The summed E-state index contributed by atoms with van der Waals surface area (Å²) in [7, 11) is 0. The maximum absolute atomic E-state index is 4.13. The van der Waals surface area contributed by atoms with E-state index >= 15 is 0 Å². The van der Waals surface area contributed by atoms with Gasteiger partial charge in [-0.3, -0.25) is 0 Å². The lowest BCUT2D eigenvalue weighted by Crippen LogP contribution is -2.11. The minimum absolute atomic E-state index is 1.02. The molecule has 0 atom stereocenters. The van der Waals surface area contributed by atoms with Gasteiger partial charge in [0.1, 0.15) is 0 Å². The first-order valence-corrected chi connectivity index (χ1v) is 4.33. The van der Waals surface area contributed by atoms with Crippen LogP contribution in [0, 0.1) is 0 Å². The molecule has 2 rings (SSSR count). The van der Waals surface area contributed by atoms with Crippen molar-refractivity contribution in [1.29, 1.82) is 0 Å². The molecule has 0 N–H and O–H groups in total. The molecule has 0 bridgehead atoms. The minimum Gasteiger partial charge on any atom is -0.249 e. The van der Waals surface area contributed by atoms with E-state index in [1.165, 1.54) is 30.7 Å². The Labute approximate surface area is 66.4 Å². The van der Waals surface area contributed by atoms with Gasteiger partial charge in [-0.05, 0) is 25.7 Å². The molecule has 0 aliphatic carbocycles. The zero-order chi connectivity index (χ0) is 7.68. The Bertz CT molecular complexity index is 238. The molecule has 0 amide bonds. The molecule has 0 unspecified atom stereocenters. The van der Waals surface area contributed by atoms with Crippen LogP contribution < -0.4 is 0 Å². The number of fused-ring (bicyclic) bond motifs is 1. The van der Waals surface area contributed by atoms with E-state index in [2.05, 4.69) is 21.9 Å². The lowest BCUT2D eigenvalue weighted by Gasteiger charge is -2.12. The van der Waals surface area contributed by atoms with E-state index in [-0.39, 0.29) is 0 Å². The Morgan fingerprint density at radius 1 is 1.45 bits per heavy atom. The second-order valence-corrected chi connectivity index (χ2v) is 3.02. The first-order chi connectivity index (χ1) is 5.42. The van der Waals surface area contributed by atoms with E-state index in [9.17, 15) is 0 Å². The summed E-state index contributed by atoms with van der Waals surface area (Å²) in [4.78, 5) is 0. The monoisotopic (exact) mass is 151 g/mol. The van der Waals surface area contributed by atoms with Crippen molar-refractivity contribution < 1.29 is 0 Å². The maximum atomic E-state index is 4.13. The van der Waals surface area contributed by atoms with Gasteiger partial charge in [-0.1, -0.05) is 12.1 Å². The molecule has 3 heteroatoms. The first kappa shape index (κ1) is 6.83. The van der Waals surface area contributed by atoms with Gasteiger partial charge in [-0.25, -0.2) is 4.68 Å². The topological polar surface area (TPSA) is 30.7 Å². The molecule has 1 aromatic rings. The van der Waals surface area contributed by atoms with Gasteiger partial charge in [0.25, 0.3) is 0 Å². The largest absolute Gasteiger partial charge is 0.249 e. The van der Waals surface area contributed by atoms with Gasteiger partial charge in [0, 0.05) is 6.54 Å². The molecule has 1 aliphatic rings. The van der Waals surface area contributed by atoms with Gasteiger partial charge in [0.2, 0.25) is 0 Å². The molecule has 0 saturated heterocycles. The maximum Gasteiger partial charge on any atom is 0.0856 e. The fourth-order valence-electron chi connectivity index (χ4n) is 1.65. The van der Waals surface area contributed by atoms with Crippen LogP contribution in [0.5, 0.6) is 0 Å². The van der Waals surface area contributed by atoms with Gasteiger partial charge in [-0.2, -0.15) is 0 Å². The molecule has 0 saturated carbocycles. The van der Waals surface area contributed by atoms with Crippen molar-refractivity contribution in [2.24, 2.45) is 0 Å². The molecule has 1 aromatic heterocycles. The fourth-order valence-corrected chi connectivity index (χ4v) is 1.65. The quantitative estimate of drug-likeness (QED) is 0.603. The summed E-state index contributed by atoms with van der Waals surface area (Å²) in [5.74, 6) is 0. The van der Waals surface area contributed by atoms with Crippen LogP contribution in [0.3, 0.4) is 0 Å². The number of rotatable bonds is 1. The number of nitrogens with zero attached hydrogens (tertiary/aromatic N) is 3. The number of hydrogen-bond acceptors (Lipinski definition) is 2. The average molecular weight is 151 g/mol. The van der Waals surface area contributed by atoms with Crippen LogP contribution in [0.25, 0.3) is 0 Å². The van der Waals surface area contributed by atoms with E-state index in [1.807, 2.05) is 0 Å². The summed E-state index contributed by atoms with van der Waals surface area (Å²) < 4.78 is 2.06. The highest BCUT2D eigenvalue weighted by atomic mass is 15.4. The molecule has 0 spiro atoms. The molecule has 2 heterocycles. The third kappa shape index (κ3) is 1.04. The van der Waals surface area contributed by atoms with Crippen LogP contribution >= 0.6 is 0 Å². The van der Waals surface area contributed by atoms with Crippen molar-refractivity contribution in [2.45, 2.75) is 39.2 Å². The third-order valence-electron chi connectivity index (χ3n) is 2.29. The lowest BCUT2D eigenvalue weighted by atomic mass is 10.1. The number of aryl methyl sites for hydroxylation is 2. The fraction of sp³-hybridized carbons (Fsp3) is 0.750. The normalized spacial score (nSPS) is 16.5. The van der Waals surface area contributed by atoms with Crippen molar-refractivity contribution in [3.63, 3.8) is 0 Å². The summed E-state index contributed by atoms with van der Waals surface area (Å²) >= 11 is 0. The van der Waals surface area contributed by atoms with Crippen LogP contribution in [-0.2, 0) is 19.4 Å². The average Bonchev–Trinajstić information content (AvgIpc) is 2.47. The van der Waals surface area contributed by atoms with Crippen molar-refractivity contribution in [2.75, 3.05) is 0 Å². The van der Waals surface area contributed by atoms with Crippen molar-refractivity contribution in [3.8, 4) is 0 Å². The summed E-state index contributed by atoms with van der Waals surface area (Å²) in [5.41, 5.74) is 2.57. The van der Waals surface area contributed by atoms with Crippen molar-refractivity contribution in [1.82, 2.24) is 15.0 Å². The zero-order valence-corrected chi connectivity index (χ0v) is 6.88.